The standard InChI is InChI=1S/C14H17N3O/c1-18-12-4-2-10(3-5-12)13-9-16-17-14(13)11-6-7-15-8-11/h2-5,9,11,15H,6-8H2,1H3,(H,16,17). The minimum absolute atomic E-state index is 0.546. The van der Waals surface area contributed by atoms with Crippen molar-refractivity contribution in [3.63, 3.8) is 0 Å². The van der Waals surface area contributed by atoms with Crippen LogP contribution in [0.5, 0.6) is 5.75 Å². The maximum atomic E-state index is 5.18. The van der Waals surface area contributed by atoms with Crippen LogP contribution in [0, 0.1) is 0 Å². The molecular formula is C14H17N3O. The van der Waals surface area contributed by atoms with Gasteiger partial charge in [-0.25, -0.2) is 0 Å². The molecule has 2 aromatic rings. The Morgan fingerprint density at radius 2 is 2.11 bits per heavy atom. The molecule has 18 heavy (non-hydrogen) atoms. The number of hydrogen-bond donors (Lipinski definition) is 2. The fourth-order valence-electron chi connectivity index (χ4n) is 2.51. The summed E-state index contributed by atoms with van der Waals surface area (Å²) in [4.78, 5) is 0. The minimum atomic E-state index is 0.546. The van der Waals surface area contributed by atoms with Gasteiger partial charge in [-0.15, -0.1) is 0 Å². The molecular weight excluding hydrogens is 226 g/mol. The third-order valence-electron chi connectivity index (χ3n) is 3.54. The van der Waals surface area contributed by atoms with Crippen LogP contribution in [0.3, 0.4) is 0 Å². The van der Waals surface area contributed by atoms with Crippen molar-refractivity contribution in [3.05, 3.63) is 36.2 Å². The van der Waals surface area contributed by atoms with Crippen LogP contribution in [0.25, 0.3) is 11.1 Å². The summed E-state index contributed by atoms with van der Waals surface area (Å²) in [7, 11) is 1.68. The molecule has 1 aromatic carbocycles. The highest BCUT2D eigenvalue weighted by atomic mass is 16.5. The van der Waals surface area contributed by atoms with E-state index in [-0.39, 0.29) is 0 Å². The van der Waals surface area contributed by atoms with Crippen LogP contribution in [-0.4, -0.2) is 30.4 Å². The van der Waals surface area contributed by atoms with Crippen molar-refractivity contribution in [3.8, 4) is 16.9 Å². The molecule has 0 saturated carbocycles. The molecule has 0 bridgehead atoms. The predicted molar refractivity (Wildman–Crippen MR) is 70.8 cm³/mol. The van der Waals surface area contributed by atoms with Gasteiger partial charge in [-0.1, -0.05) is 12.1 Å². The lowest BCUT2D eigenvalue weighted by atomic mass is 9.97. The molecule has 1 aromatic heterocycles. The highest BCUT2D eigenvalue weighted by Crippen LogP contribution is 2.31. The van der Waals surface area contributed by atoms with E-state index in [9.17, 15) is 0 Å². The minimum Gasteiger partial charge on any atom is -0.497 e. The van der Waals surface area contributed by atoms with Crippen molar-refractivity contribution in [1.29, 1.82) is 0 Å². The maximum absolute atomic E-state index is 5.18. The first-order valence-corrected chi connectivity index (χ1v) is 6.27. The van der Waals surface area contributed by atoms with Crippen LogP contribution in [0.1, 0.15) is 18.0 Å². The van der Waals surface area contributed by atoms with Gasteiger partial charge in [0.05, 0.1) is 13.3 Å². The number of nitrogens with zero attached hydrogens (tertiary/aromatic N) is 1. The average Bonchev–Trinajstić information content (AvgIpc) is 3.09. The molecule has 2 heterocycles. The smallest absolute Gasteiger partial charge is 0.118 e. The van der Waals surface area contributed by atoms with Gasteiger partial charge < -0.3 is 10.1 Å². The van der Waals surface area contributed by atoms with E-state index in [1.807, 2.05) is 18.3 Å². The number of aromatic nitrogens is 2. The Hall–Kier alpha value is -1.81. The molecule has 1 atom stereocenters. The topological polar surface area (TPSA) is 49.9 Å². The molecule has 2 N–H and O–H groups in total. The van der Waals surface area contributed by atoms with Gasteiger partial charge in [0.15, 0.2) is 0 Å². The molecule has 1 aliphatic rings. The largest absolute Gasteiger partial charge is 0.497 e. The molecule has 4 nitrogen and oxygen atoms in total. The Morgan fingerprint density at radius 3 is 2.78 bits per heavy atom. The normalized spacial score (nSPS) is 19.1. The van der Waals surface area contributed by atoms with Crippen molar-refractivity contribution in [2.24, 2.45) is 0 Å². The van der Waals surface area contributed by atoms with E-state index in [1.165, 1.54) is 23.2 Å². The average molecular weight is 243 g/mol. The first-order valence-electron chi connectivity index (χ1n) is 6.27. The number of nitrogens with one attached hydrogen (secondary N) is 2. The third-order valence-corrected chi connectivity index (χ3v) is 3.54. The summed E-state index contributed by atoms with van der Waals surface area (Å²) in [5, 5.41) is 10.7. The number of hydrogen-bond acceptors (Lipinski definition) is 3. The molecule has 1 fully saturated rings. The second-order valence-corrected chi connectivity index (χ2v) is 4.62. The van der Waals surface area contributed by atoms with E-state index in [0.29, 0.717) is 5.92 Å². The Kier molecular flexibility index (Phi) is 3.02. The number of rotatable bonds is 3. The van der Waals surface area contributed by atoms with Gasteiger partial charge in [0.25, 0.3) is 0 Å². The fourth-order valence-corrected chi connectivity index (χ4v) is 2.51. The van der Waals surface area contributed by atoms with Crippen LogP contribution in [0.15, 0.2) is 30.5 Å². The third kappa shape index (κ3) is 1.99. The number of methoxy groups -OCH3 is 1. The van der Waals surface area contributed by atoms with Crippen LogP contribution in [0.2, 0.25) is 0 Å². The van der Waals surface area contributed by atoms with E-state index < -0.39 is 0 Å². The van der Waals surface area contributed by atoms with Gasteiger partial charge in [0.1, 0.15) is 5.75 Å². The van der Waals surface area contributed by atoms with Crippen molar-refractivity contribution < 1.29 is 4.74 Å². The van der Waals surface area contributed by atoms with Crippen molar-refractivity contribution >= 4 is 0 Å². The fraction of sp³-hybridized carbons (Fsp3) is 0.357. The molecule has 0 amide bonds. The zero-order chi connectivity index (χ0) is 12.4. The number of aromatic amines is 1. The van der Waals surface area contributed by atoms with Crippen LogP contribution in [-0.2, 0) is 0 Å². The van der Waals surface area contributed by atoms with Crippen molar-refractivity contribution in [2.75, 3.05) is 20.2 Å². The lowest BCUT2D eigenvalue weighted by Crippen LogP contribution is -2.08. The number of ether oxygens (including phenoxy) is 1. The monoisotopic (exact) mass is 243 g/mol. The van der Waals surface area contributed by atoms with Gasteiger partial charge in [0.2, 0.25) is 0 Å². The zero-order valence-electron chi connectivity index (χ0n) is 10.4. The molecule has 1 saturated heterocycles. The van der Waals surface area contributed by atoms with Gasteiger partial charge >= 0.3 is 0 Å². The molecule has 1 unspecified atom stereocenters. The van der Waals surface area contributed by atoms with E-state index >= 15 is 0 Å². The molecule has 4 heteroatoms. The summed E-state index contributed by atoms with van der Waals surface area (Å²) in [5.41, 5.74) is 3.63. The highest BCUT2D eigenvalue weighted by Gasteiger charge is 2.21. The Morgan fingerprint density at radius 1 is 1.28 bits per heavy atom. The van der Waals surface area contributed by atoms with Crippen molar-refractivity contribution in [2.45, 2.75) is 12.3 Å². The van der Waals surface area contributed by atoms with Crippen LogP contribution < -0.4 is 10.1 Å². The quantitative estimate of drug-likeness (QED) is 0.868. The predicted octanol–water partition coefficient (Wildman–Crippen LogP) is 2.16. The summed E-state index contributed by atoms with van der Waals surface area (Å²) in [6.07, 6.45) is 3.08. The second kappa shape index (κ2) is 4.82. The summed E-state index contributed by atoms with van der Waals surface area (Å²) in [5.74, 6) is 1.43. The summed E-state index contributed by atoms with van der Waals surface area (Å²) in [6.45, 7) is 2.12. The first-order chi connectivity index (χ1) is 8.88. The highest BCUT2D eigenvalue weighted by molar-refractivity contribution is 5.66. The van der Waals surface area contributed by atoms with E-state index in [4.69, 9.17) is 4.74 Å². The molecule has 0 radical (unpaired) electrons. The maximum Gasteiger partial charge on any atom is 0.118 e. The Labute approximate surface area is 106 Å². The number of H-pyrrole nitrogens is 1. The SMILES string of the molecule is COc1ccc(-c2cn[nH]c2C2CCNC2)cc1. The molecule has 0 spiro atoms. The van der Waals surface area contributed by atoms with E-state index in [0.717, 1.165) is 18.8 Å². The first kappa shape index (κ1) is 11.3. The summed E-state index contributed by atoms with van der Waals surface area (Å²) >= 11 is 0. The van der Waals surface area contributed by atoms with E-state index in [2.05, 4.69) is 27.6 Å². The Bertz CT molecular complexity index is 512. The lowest BCUT2D eigenvalue weighted by Gasteiger charge is -2.09. The molecule has 3 rings (SSSR count). The number of benzene rings is 1. The van der Waals surface area contributed by atoms with Crippen molar-refractivity contribution in [1.82, 2.24) is 15.5 Å². The zero-order valence-corrected chi connectivity index (χ0v) is 10.4. The van der Waals surface area contributed by atoms with E-state index in [1.54, 1.807) is 7.11 Å². The van der Waals surface area contributed by atoms with Gasteiger partial charge in [-0.3, -0.25) is 5.10 Å². The van der Waals surface area contributed by atoms with Gasteiger partial charge in [0, 0.05) is 23.7 Å². The Balaban J connectivity index is 1.93. The van der Waals surface area contributed by atoms with Gasteiger partial charge in [-0.05, 0) is 30.7 Å². The lowest BCUT2D eigenvalue weighted by molar-refractivity contribution is 0.415. The second-order valence-electron chi connectivity index (χ2n) is 4.62. The summed E-state index contributed by atoms with van der Waals surface area (Å²) in [6, 6.07) is 8.13. The molecule has 94 valence electrons. The molecule has 1 aliphatic heterocycles. The van der Waals surface area contributed by atoms with Crippen LogP contribution in [0.4, 0.5) is 0 Å². The summed E-state index contributed by atoms with van der Waals surface area (Å²) < 4.78 is 5.18. The molecule has 0 aliphatic carbocycles. The van der Waals surface area contributed by atoms with Crippen LogP contribution >= 0.6 is 0 Å². The van der Waals surface area contributed by atoms with Gasteiger partial charge in [-0.2, -0.15) is 5.10 Å².